The number of para-hydroxylation sites is 1. The highest BCUT2D eigenvalue weighted by Gasteiger charge is 2.15. The van der Waals surface area contributed by atoms with Crippen LogP contribution in [0.5, 0.6) is 5.75 Å². The highest BCUT2D eigenvalue weighted by Crippen LogP contribution is 2.26. The molecule has 1 aromatic heterocycles. The van der Waals surface area contributed by atoms with Crippen LogP contribution >= 0.6 is 12.2 Å². The van der Waals surface area contributed by atoms with E-state index in [1.807, 2.05) is 16.7 Å². The van der Waals surface area contributed by atoms with Crippen molar-refractivity contribution in [2.75, 3.05) is 32.8 Å². The Morgan fingerprint density at radius 2 is 2.00 bits per heavy atom. The third-order valence-electron chi connectivity index (χ3n) is 3.65. The summed E-state index contributed by atoms with van der Waals surface area (Å²) in [6, 6.07) is 7.15. The molecular weight excluding hydrogens is 288 g/mol. The van der Waals surface area contributed by atoms with Gasteiger partial charge >= 0.3 is 0 Å². The summed E-state index contributed by atoms with van der Waals surface area (Å²) in [4.78, 5) is 2.34. The van der Waals surface area contributed by atoms with E-state index in [0.29, 0.717) is 16.2 Å². The van der Waals surface area contributed by atoms with Gasteiger partial charge < -0.3 is 9.84 Å². The molecule has 0 amide bonds. The highest BCUT2D eigenvalue weighted by atomic mass is 32.1. The maximum atomic E-state index is 9.99. The Hall–Kier alpha value is -1.70. The quantitative estimate of drug-likeness (QED) is 0.841. The first-order valence-electron chi connectivity index (χ1n) is 6.99. The number of rotatable bonds is 4. The standard InChI is InChI=1S/C14H18N4O2S/c19-12-4-2-1-3-11(12)13-15-16-14(21)18(13)6-5-17-7-9-20-10-8-17/h1-4,19H,5-10H2,(H,16,21). The van der Waals surface area contributed by atoms with Crippen molar-refractivity contribution >= 4 is 12.2 Å². The summed E-state index contributed by atoms with van der Waals surface area (Å²) >= 11 is 5.30. The minimum absolute atomic E-state index is 0.208. The molecule has 1 saturated heterocycles. The molecule has 0 atom stereocenters. The van der Waals surface area contributed by atoms with Crippen molar-refractivity contribution in [3.63, 3.8) is 0 Å². The first-order valence-corrected chi connectivity index (χ1v) is 7.40. The normalized spacial score (nSPS) is 16.2. The molecule has 0 saturated carbocycles. The second-order valence-corrected chi connectivity index (χ2v) is 5.36. The van der Waals surface area contributed by atoms with Gasteiger partial charge in [-0.3, -0.25) is 14.6 Å². The number of aromatic hydroxyl groups is 1. The van der Waals surface area contributed by atoms with Crippen LogP contribution in [0.25, 0.3) is 11.4 Å². The molecule has 112 valence electrons. The Morgan fingerprint density at radius 3 is 2.76 bits per heavy atom. The molecule has 1 aliphatic rings. The Kier molecular flexibility index (Phi) is 4.33. The van der Waals surface area contributed by atoms with E-state index in [4.69, 9.17) is 17.0 Å². The molecule has 0 radical (unpaired) electrons. The Morgan fingerprint density at radius 1 is 1.24 bits per heavy atom. The summed E-state index contributed by atoms with van der Waals surface area (Å²) in [7, 11) is 0. The number of hydrogen-bond acceptors (Lipinski definition) is 5. The number of aromatic amines is 1. The fourth-order valence-corrected chi connectivity index (χ4v) is 2.68. The molecule has 1 aliphatic heterocycles. The number of phenolic OH excluding ortho intramolecular Hbond substituents is 1. The Labute approximate surface area is 128 Å². The van der Waals surface area contributed by atoms with E-state index in [1.54, 1.807) is 12.1 Å². The molecule has 3 rings (SSSR count). The molecule has 1 fully saturated rings. The van der Waals surface area contributed by atoms with Gasteiger partial charge in [0, 0.05) is 26.2 Å². The average Bonchev–Trinajstić information content (AvgIpc) is 2.88. The van der Waals surface area contributed by atoms with Crippen LogP contribution in [0.3, 0.4) is 0 Å². The van der Waals surface area contributed by atoms with E-state index in [9.17, 15) is 5.11 Å². The SMILES string of the molecule is Oc1ccccc1-c1n[nH]c(=S)n1CCN1CCOCC1. The average molecular weight is 306 g/mol. The van der Waals surface area contributed by atoms with Gasteiger partial charge in [-0.15, -0.1) is 0 Å². The van der Waals surface area contributed by atoms with Gasteiger partial charge in [-0.1, -0.05) is 12.1 Å². The topological polar surface area (TPSA) is 66.3 Å². The van der Waals surface area contributed by atoms with Gasteiger partial charge in [0.2, 0.25) is 0 Å². The van der Waals surface area contributed by atoms with Gasteiger partial charge in [-0.25, -0.2) is 0 Å². The van der Waals surface area contributed by atoms with E-state index < -0.39 is 0 Å². The number of hydrogen-bond donors (Lipinski definition) is 2. The van der Waals surface area contributed by atoms with Gasteiger partial charge in [0.05, 0.1) is 18.8 Å². The van der Waals surface area contributed by atoms with Gasteiger partial charge in [0.15, 0.2) is 10.6 Å². The van der Waals surface area contributed by atoms with Crippen molar-refractivity contribution < 1.29 is 9.84 Å². The molecule has 2 N–H and O–H groups in total. The zero-order chi connectivity index (χ0) is 14.7. The molecule has 21 heavy (non-hydrogen) atoms. The van der Waals surface area contributed by atoms with E-state index >= 15 is 0 Å². The lowest BCUT2D eigenvalue weighted by Gasteiger charge is -2.26. The number of ether oxygens (including phenoxy) is 1. The lowest BCUT2D eigenvalue weighted by atomic mass is 10.2. The molecule has 2 aromatic rings. The van der Waals surface area contributed by atoms with Crippen LogP contribution in [0.2, 0.25) is 0 Å². The van der Waals surface area contributed by atoms with E-state index in [1.165, 1.54) is 0 Å². The summed E-state index contributed by atoms with van der Waals surface area (Å²) in [6.45, 7) is 5.07. The maximum absolute atomic E-state index is 9.99. The molecular formula is C14H18N4O2S. The van der Waals surface area contributed by atoms with Gasteiger partial charge in [-0.05, 0) is 24.4 Å². The summed E-state index contributed by atoms with van der Waals surface area (Å²) in [5, 5.41) is 17.1. The molecule has 7 heteroatoms. The van der Waals surface area contributed by atoms with Gasteiger partial charge in [-0.2, -0.15) is 5.10 Å². The van der Waals surface area contributed by atoms with Crippen LogP contribution in [0.15, 0.2) is 24.3 Å². The van der Waals surface area contributed by atoms with Crippen molar-refractivity contribution in [1.82, 2.24) is 19.7 Å². The van der Waals surface area contributed by atoms with Gasteiger partial charge in [0.25, 0.3) is 0 Å². The molecule has 0 aliphatic carbocycles. The van der Waals surface area contributed by atoms with Crippen molar-refractivity contribution in [1.29, 1.82) is 0 Å². The van der Waals surface area contributed by atoms with E-state index in [-0.39, 0.29) is 5.75 Å². The minimum atomic E-state index is 0.208. The predicted octanol–water partition coefficient (Wildman–Crippen LogP) is 1.65. The van der Waals surface area contributed by atoms with E-state index in [2.05, 4.69) is 15.1 Å². The third kappa shape index (κ3) is 3.15. The molecule has 1 aromatic carbocycles. The van der Waals surface area contributed by atoms with Crippen LogP contribution in [0, 0.1) is 4.77 Å². The van der Waals surface area contributed by atoms with Crippen LogP contribution in [-0.4, -0.2) is 57.6 Å². The summed E-state index contributed by atoms with van der Waals surface area (Å²) in [6.07, 6.45) is 0. The van der Waals surface area contributed by atoms with Crippen molar-refractivity contribution in [2.45, 2.75) is 6.54 Å². The molecule has 0 spiro atoms. The Balaban J connectivity index is 1.81. The third-order valence-corrected chi connectivity index (χ3v) is 3.96. The largest absolute Gasteiger partial charge is 0.507 e. The van der Waals surface area contributed by atoms with Crippen molar-refractivity contribution in [3.8, 4) is 17.1 Å². The number of nitrogens with one attached hydrogen (secondary N) is 1. The molecule has 2 heterocycles. The number of phenols is 1. The number of nitrogens with zero attached hydrogens (tertiary/aromatic N) is 3. The van der Waals surface area contributed by atoms with Crippen LogP contribution in [0.4, 0.5) is 0 Å². The smallest absolute Gasteiger partial charge is 0.195 e. The second kappa shape index (κ2) is 6.38. The van der Waals surface area contributed by atoms with Crippen molar-refractivity contribution in [2.24, 2.45) is 0 Å². The summed E-state index contributed by atoms with van der Waals surface area (Å²) in [5.74, 6) is 0.880. The lowest BCUT2D eigenvalue weighted by Crippen LogP contribution is -2.38. The predicted molar refractivity (Wildman–Crippen MR) is 81.8 cm³/mol. The fraction of sp³-hybridized carbons (Fsp3) is 0.429. The number of morpholine rings is 1. The lowest BCUT2D eigenvalue weighted by molar-refractivity contribution is 0.0364. The van der Waals surface area contributed by atoms with Gasteiger partial charge in [0.1, 0.15) is 5.75 Å². The molecule has 0 unspecified atom stereocenters. The first-order chi connectivity index (χ1) is 10.3. The second-order valence-electron chi connectivity index (χ2n) is 4.98. The van der Waals surface area contributed by atoms with Crippen molar-refractivity contribution in [3.05, 3.63) is 29.0 Å². The first kappa shape index (κ1) is 14.2. The fourth-order valence-electron chi connectivity index (χ4n) is 2.46. The highest BCUT2D eigenvalue weighted by molar-refractivity contribution is 7.71. The zero-order valence-electron chi connectivity index (χ0n) is 11.7. The van der Waals surface area contributed by atoms with Crippen LogP contribution in [0.1, 0.15) is 0 Å². The van der Waals surface area contributed by atoms with Crippen LogP contribution < -0.4 is 0 Å². The minimum Gasteiger partial charge on any atom is -0.507 e. The maximum Gasteiger partial charge on any atom is 0.195 e. The summed E-state index contributed by atoms with van der Waals surface area (Å²) < 4.78 is 7.85. The number of aromatic nitrogens is 3. The monoisotopic (exact) mass is 306 g/mol. The number of H-pyrrole nitrogens is 1. The molecule has 0 bridgehead atoms. The van der Waals surface area contributed by atoms with Crippen LogP contribution in [-0.2, 0) is 11.3 Å². The molecule has 6 nitrogen and oxygen atoms in total. The number of benzene rings is 1. The zero-order valence-corrected chi connectivity index (χ0v) is 12.5. The Bertz CT molecular complexity index is 661. The van der Waals surface area contributed by atoms with E-state index in [0.717, 1.165) is 39.4 Å². The summed E-state index contributed by atoms with van der Waals surface area (Å²) in [5.41, 5.74) is 0.687.